The van der Waals surface area contributed by atoms with Crippen LogP contribution < -0.4 is 20.7 Å². The molecular formula is C27H26F4N8O2. The summed E-state index contributed by atoms with van der Waals surface area (Å²) < 4.78 is 65.6. The van der Waals surface area contributed by atoms with E-state index >= 15 is 0 Å². The minimum absolute atomic E-state index is 0.0359. The lowest BCUT2D eigenvalue weighted by Gasteiger charge is -2.41. The van der Waals surface area contributed by atoms with Crippen LogP contribution in [0, 0.1) is 5.82 Å². The molecule has 214 valence electrons. The van der Waals surface area contributed by atoms with Crippen molar-refractivity contribution >= 4 is 17.3 Å². The van der Waals surface area contributed by atoms with Gasteiger partial charge in [-0.25, -0.2) is 9.07 Å². The summed E-state index contributed by atoms with van der Waals surface area (Å²) in [6, 6.07) is 10.4. The molecule has 1 aliphatic rings. The summed E-state index contributed by atoms with van der Waals surface area (Å²) in [5.74, 6) is -2.52. The Labute approximate surface area is 232 Å². The molecule has 2 aromatic carbocycles. The first-order valence-corrected chi connectivity index (χ1v) is 12.6. The fourth-order valence-corrected chi connectivity index (χ4v) is 4.61. The van der Waals surface area contributed by atoms with Gasteiger partial charge in [-0.15, -0.1) is 0 Å². The topological polar surface area (TPSA) is 114 Å². The second-order valence-corrected chi connectivity index (χ2v) is 9.38. The molecule has 0 radical (unpaired) electrons. The van der Waals surface area contributed by atoms with Crippen molar-refractivity contribution < 1.29 is 27.1 Å². The van der Waals surface area contributed by atoms with E-state index < -0.39 is 29.2 Å². The molecule has 3 N–H and O–H groups in total. The van der Waals surface area contributed by atoms with Crippen molar-refractivity contribution in [1.29, 1.82) is 0 Å². The molecule has 1 fully saturated rings. The molecule has 5 rings (SSSR count). The third-order valence-corrected chi connectivity index (χ3v) is 6.75. The quantitative estimate of drug-likeness (QED) is 0.321. The Balaban J connectivity index is 1.57. The molecule has 1 aliphatic heterocycles. The van der Waals surface area contributed by atoms with E-state index in [4.69, 9.17) is 10.5 Å². The third kappa shape index (κ3) is 5.98. The SMILES string of the molecule is CN1CCN(c2c(NC(=O)c3ccn(-c4ccnnc4)n3)ccc(Oc3ccccc3F)c2C(F)(F)F)C[C@@H]1CN. The van der Waals surface area contributed by atoms with Crippen molar-refractivity contribution in [2.24, 2.45) is 5.73 Å². The summed E-state index contributed by atoms with van der Waals surface area (Å²) in [6.07, 6.45) is -0.505. The highest BCUT2D eigenvalue weighted by Crippen LogP contribution is 2.48. The number of rotatable bonds is 7. The first-order valence-electron chi connectivity index (χ1n) is 12.6. The maximum absolute atomic E-state index is 14.8. The molecular weight excluding hydrogens is 544 g/mol. The van der Waals surface area contributed by atoms with Gasteiger partial charge in [0.1, 0.15) is 11.3 Å². The minimum atomic E-state index is -4.92. The van der Waals surface area contributed by atoms with Gasteiger partial charge in [-0.1, -0.05) is 12.1 Å². The van der Waals surface area contributed by atoms with E-state index in [1.54, 1.807) is 6.07 Å². The monoisotopic (exact) mass is 570 g/mol. The molecule has 0 aliphatic carbocycles. The summed E-state index contributed by atoms with van der Waals surface area (Å²) in [6.45, 7) is 1.01. The lowest BCUT2D eigenvalue weighted by Crippen LogP contribution is -2.54. The molecule has 0 saturated carbocycles. The molecule has 1 atom stereocenters. The van der Waals surface area contributed by atoms with Crippen molar-refractivity contribution in [3.05, 3.63) is 84.2 Å². The van der Waals surface area contributed by atoms with E-state index in [9.17, 15) is 22.4 Å². The fraction of sp³-hybridized carbons (Fsp3) is 0.259. The predicted octanol–water partition coefficient (Wildman–Crippen LogP) is 3.94. The zero-order valence-electron chi connectivity index (χ0n) is 21.8. The van der Waals surface area contributed by atoms with Crippen LogP contribution in [-0.4, -0.2) is 70.1 Å². The normalized spacial score (nSPS) is 16.0. The van der Waals surface area contributed by atoms with E-state index in [1.807, 2.05) is 11.9 Å². The van der Waals surface area contributed by atoms with Crippen molar-refractivity contribution in [1.82, 2.24) is 24.9 Å². The number of amides is 1. The first kappa shape index (κ1) is 28.0. The molecule has 0 unspecified atom stereocenters. The lowest BCUT2D eigenvalue weighted by atomic mass is 10.0. The number of likely N-dealkylation sites (N-methyl/N-ethyl adjacent to an activating group) is 1. The Morgan fingerprint density at radius 2 is 1.90 bits per heavy atom. The number of nitrogens with one attached hydrogen (secondary N) is 1. The Kier molecular flexibility index (Phi) is 7.85. The van der Waals surface area contributed by atoms with E-state index in [0.717, 1.165) is 12.1 Å². The number of benzene rings is 2. The Hall–Kier alpha value is -4.56. The number of hydrogen-bond acceptors (Lipinski definition) is 8. The van der Waals surface area contributed by atoms with Gasteiger partial charge in [0, 0.05) is 38.4 Å². The number of alkyl halides is 3. The molecule has 4 aromatic rings. The Morgan fingerprint density at radius 1 is 1.10 bits per heavy atom. The molecule has 14 heteroatoms. The van der Waals surface area contributed by atoms with Gasteiger partial charge in [0.15, 0.2) is 17.3 Å². The van der Waals surface area contributed by atoms with E-state index in [1.165, 1.54) is 58.5 Å². The van der Waals surface area contributed by atoms with Crippen LogP contribution in [0.4, 0.5) is 28.9 Å². The fourth-order valence-electron chi connectivity index (χ4n) is 4.61. The van der Waals surface area contributed by atoms with Gasteiger partial charge in [-0.05, 0) is 43.4 Å². The minimum Gasteiger partial charge on any atom is -0.454 e. The molecule has 3 heterocycles. The van der Waals surface area contributed by atoms with Gasteiger partial charge in [-0.3, -0.25) is 9.69 Å². The Bertz CT molecular complexity index is 1530. The number of aromatic nitrogens is 4. The van der Waals surface area contributed by atoms with Crippen molar-refractivity contribution in [2.45, 2.75) is 12.2 Å². The van der Waals surface area contributed by atoms with Gasteiger partial charge in [-0.2, -0.15) is 28.5 Å². The van der Waals surface area contributed by atoms with Crippen LogP contribution >= 0.6 is 0 Å². The van der Waals surface area contributed by atoms with Gasteiger partial charge in [0.25, 0.3) is 5.91 Å². The maximum Gasteiger partial charge on any atom is 0.422 e. The highest BCUT2D eigenvalue weighted by atomic mass is 19.4. The van der Waals surface area contributed by atoms with E-state index in [2.05, 4.69) is 20.6 Å². The van der Waals surface area contributed by atoms with E-state index in [-0.39, 0.29) is 48.5 Å². The lowest BCUT2D eigenvalue weighted by molar-refractivity contribution is -0.138. The van der Waals surface area contributed by atoms with Crippen molar-refractivity contribution in [3.63, 3.8) is 0 Å². The van der Waals surface area contributed by atoms with Crippen LogP contribution in [-0.2, 0) is 6.18 Å². The smallest absolute Gasteiger partial charge is 0.422 e. The van der Waals surface area contributed by atoms with Crippen molar-refractivity contribution in [3.8, 4) is 17.2 Å². The largest absolute Gasteiger partial charge is 0.454 e. The number of nitrogens with zero attached hydrogens (tertiary/aromatic N) is 6. The maximum atomic E-state index is 14.8. The number of para-hydroxylation sites is 1. The third-order valence-electron chi connectivity index (χ3n) is 6.75. The number of carbonyl (C=O) groups is 1. The Morgan fingerprint density at radius 3 is 2.61 bits per heavy atom. The van der Waals surface area contributed by atoms with Crippen LogP contribution in [0.3, 0.4) is 0 Å². The number of nitrogens with two attached hydrogens (primary N) is 1. The summed E-state index contributed by atoms with van der Waals surface area (Å²) in [7, 11) is 1.84. The van der Waals surface area contributed by atoms with Gasteiger partial charge in [0.2, 0.25) is 0 Å². The molecule has 1 saturated heterocycles. The molecule has 10 nitrogen and oxygen atoms in total. The molecule has 41 heavy (non-hydrogen) atoms. The van der Waals surface area contributed by atoms with Gasteiger partial charge >= 0.3 is 6.18 Å². The first-order chi connectivity index (χ1) is 19.7. The predicted molar refractivity (Wildman–Crippen MR) is 143 cm³/mol. The standard InChI is InChI=1S/C27H26F4N8O2/c1-37-12-13-38(16-18(37)14-32)25-20(35-26(40)21-9-11-39(36-21)17-8-10-33-34-15-17)6-7-23(24(25)27(29,30)31)41-22-5-3-2-4-19(22)28/h2-11,15,18H,12-14,16,32H2,1H3,(H,35,40)/t18-/m0/s1. The zero-order valence-corrected chi connectivity index (χ0v) is 21.8. The molecule has 2 aromatic heterocycles. The number of hydrogen-bond donors (Lipinski definition) is 2. The van der Waals surface area contributed by atoms with Crippen LogP contribution in [0.5, 0.6) is 11.5 Å². The van der Waals surface area contributed by atoms with E-state index in [0.29, 0.717) is 12.2 Å². The molecule has 1 amide bonds. The summed E-state index contributed by atoms with van der Waals surface area (Å²) in [4.78, 5) is 16.7. The second kappa shape index (κ2) is 11.5. The highest BCUT2D eigenvalue weighted by molar-refractivity contribution is 6.05. The number of halogens is 4. The average Bonchev–Trinajstić information content (AvgIpc) is 3.46. The zero-order chi connectivity index (χ0) is 29.1. The number of carbonyl (C=O) groups excluding carboxylic acids is 1. The summed E-state index contributed by atoms with van der Waals surface area (Å²) in [5.41, 5.74) is 4.86. The number of ether oxygens (including phenoxy) is 1. The van der Waals surface area contributed by atoms with Crippen LogP contribution in [0.1, 0.15) is 16.1 Å². The summed E-state index contributed by atoms with van der Waals surface area (Å²) in [5, 5.41) is 14.3. The van der Waals surface area contributed by atoms with Crippen LogP contribution in [0.25, 0.3) is 5.69 Å². The highest BCUT2D eigenvalue weighted by Gasteiger charge is 2.42. The number of anilines is 2. The van der Waals surface area contributed by atoms with Gasteiger partial charge < -0.3 is 20.7 Å². The molecule has 0 spiro atoms. The van der Waals surface area contributed by atoms with Gasteiger partial charge in [0.05, 0.1) is 29.5 Å². The summed E-state index contributed by atoms with van der Waals surface area (Å²) >= 11 is 0. The average molecular weight is 571 g/mol. The molecule has 0 bridgehead atoms. The van der Waals surface area contributed by atoms with Crippen molar-refractivity contribution in [2.75, 3.05) is 43.4 Å². The van der Waals surface area contributed by atoms with Crippen LogP contribution in [0.2, 0.25) is 0 Å². The number of piperazine rings is 1. The van der Waals surface area contributed by atoms with Crippen LogP contribution in [0.15, 0.2) is 67.1 Å². The second-order valence-electron chi connectivity index (χ2n) is 9.38.